The average molecular weight is 376 g/mol. The second-order valence-electron chi connectivity index (χ2n) is 6.14. The van der Waals surface area contributed by atoms with Crippen LogP contribution in [-0.2, 0) is 21.4 Å². The molecule has 0 N–H and O–H groups in total. The molecule has 0 spiro atoms. The van der Waals surface area contributed by atoms with Gasteiger partial charge in [0.2, 0.25) is 15.9 Å². The molecule has 0 radical (unpaired) electrons. The van der Waals surface area contributed by atoms with E-state index in [4.69, 9.17) is 4.74 Å². The normalized spacial score (nSPS) is 11.4. The Bertz CT molecular complexity index is 863. The third-order valence-electron chi connectivity index (χ3n) is 4.11. The molecule has 0 aliphatic rings. The zero-order valence-electron chi connectivity index (χ0n) is 15.5. The maximum atomic E-state index is 12.6. The topological polar surface area (TPSA) is 66.9 Å². The van der Waals surface area contributed by atoms with E-state index < -0.39 is 10.0 Å². The first-order chi connectivity index (χ1) is 12.3. The van der Waals surface area contributed by atoms with E-state index in [0.717, 1.165) is 15.4 Å². The summed E-state index contributed by atoms with van der Waals surface area (Å²) in [4.78, 5) is 14.1. The minimum atomic E-state index is -3.71. The van der Waals surface area contributed by atoms with Gasteiger partial charge in [-0.25, -0.2) is 8.42 Å². The molecule has 0 unspecified atom stereocenters. The summed E-state index contributed by atoms with van der Waals surface area (Å²) in [5.74, 6) is 0.391. The highest BCUT2D eigenvalue weighted by atomic mass is 32.2. The molecule has 1 amide bonds. The molecule has 140 valence electrons. The Morgan fingerprint density at radius 1 is 1.04 bits per heavy atom. The lowest BCUT2D eigenvalue weighted by molar-refractivity contribution is -0.130. The van der Waals surface area contributed by atoms with Crippen LogP contribution in [0, 0.1) is 6.92 Å². The van der Waals surface area contributed by atoms with E-state index in [-0.39, 0.29) is 17.3 Å². The van der Waals surface area contributed by atoms with Crippen molar-refractivity contribution >= 4 is 15.9 Å². The fourth-order valence-corrected chi connectivity index (χ4v) is 3.58. The molecule has 6 nitrogen and oxygen atoms in total. The third-order valence-corrected chi connectivity index (χ3v) is 5.93. The van der Waals surface area contributed by atoms with Crippen molar-refractivity contribution in [2.24, 2.45) is 0 Å². The number of sulfonamides is 1. The van der Waals surface area contributed by atoms with E-state index in [1.54, 1.807) is 38.4 Å². The first kappa shape index (κ1) is 19.9. The van der Waals surface area contributed by atoms with E-state index in [2.05, 4.69) is 0 Å². The lowest BCUT2D eigenvalue weighted by atomic mass is 10.2. The predicted molar refractivity (Wildman–Crippen MR) is 100 cm³/mol. The Morgan fingerprint density at radius 2 is 1.65 bits per heavy atom. The van der Waals surface area contributed by atoms with E-state index >= 15 is 0 Å². The molecule has 2 rings (SSSR count). The number of carbonyl (C=O) groups excluding carboxylic acids is 1. The van der Waals surface area contributed by atoms with Crippen molar-refractivity contribution < 1.29 is 17.9 Å². The van der Waals surface area contributed by atoms with Crippen molar-refractivity contribution in [3.8, 4) is 5.75 Å². The molecule has 0 aliphatic carbocycles. The van der Waals surface area contributed by atoms with Crippen LogP contribution in [0.4, 0.5) is 0 Å². The number of benzene rings is 2. The summed E-state index contributed by atoms with van der Waals surface area (Å²) in [5.41, 5.74) is 1.83. The van der Waals surface area contributed by atoms with Crippen LogP contribution in [0.5, 0.6) is 5.75 Å². The van der Waals surface area contributed by atoms with Gasteiger partial charge < -0.3 is 9.64 Å². The second-order valence-corrected chi connectivity index (χ2v) is 8.18. The number of rotatable bonds is 7. The Kier molecular flexibility index (Phi) is 6.39. The van der Waals surface area contributed by atoms with Crippen LogP contribution >= 0.6 is 0 Å². The highest BCUT2D eigenvalue weighted by Gasteiger charge is 2.24. The summed E-state index contributed by atoms with van der Waals surface area (Å²) in [6.07, 6.45) is 0. The summed E-state index contributed by atoms with van der Waals surface area (Å²) in [7, 11) is 0.910. The van der Waals surface area contributed by atoms with Crippen molar-refractivity contribution in [2.75, 3.05) is 27.7 Å². The molecule has 0 aliphatic heterocycles. The first-order valence-corrected chi connectivity index (χ1v) is 9.58. The van der Waals surface area contributed by atoms with Gasteiger partial charge in [0.25, 0.3) is 0 Å². The van der Waals surface area contributed by atoms with Gasteiger partial charge in [-0.2, -0.15) is 4.31 Å². The Labute approximate surface area is 155 Å². The smallest absolute Gasteiger partial charge is 0.243 e. The molecular formula is C19H24N2O4S. The van der Waals surface area contributed by atoms with E-state index in [1.807, 2.05) is 31.2 Å². The van der Waals surface area contributed by atoms with Gasteiger partial charge >= 0.3 is 0 Å². The molecule has 2 aromatic carbocycles. The van der Waals surface area contributed by atoms with Crippen molar-refractivity contribution in [3.05, 3.63) is 59.7 Å². The van der Waals surface area contributed by atoms with Crippen LogP contribution in [0.3, 0.4) is 0 Å². The fraction of sp³-hybridized carbons (Fsp3) is 0.316. The molecule has 0 fully saturated rings. The second kappa shape index (κ2) is 8.33. The van der Waals surface area contributed by atoms with Gasteiger partial charge in [0.05, 0.1) is 18.6 Å². The number of ether oxygens (including phenoxy) is 1. The third kappa shape index (κ3) is 4.62. The number of hydrogen-bond donors (Lipinski definition) is 0. The van der Waals surface area contributed by atoms with Crippen LogP contribution < -0.4 is 4.74 Å². The standard InChI is InChI=1S/C19H24N2O4S/c1-15-9-11-17(12-10-15)26(23,24)21(3)14-19(22)20(2)13-16-7-5-6-8-18(16)25-4/h5-12H,13-14H2,1-4H3. The zero-order valence-corrected chi connectivity index (χ0v) is 16.3. The predicted octanol–water partition coefficient (Wildman–Crippen LogP) is 2.28. The highest BCUT2D eigenvalue weighted by molar-refractivity contribution is 7.89. The molecule has 0 aromatic heterocycles. The molecule has 2 aromatic rings. The number of aryl methyl sites for hydroxylation is 1. The monoisotopic (exact) mass is 376 g/mol. The van der Waals surface area contributed by atoms with Crippen LogP contribution in [0.25, 0.3) is 0 Å². The van der Waals surface area contributed by atoms with Gasteiger partial charge in [-0.05, 0) is 25.1 Å². The molecule has 0 heterocycles. The van der Waals surface area contributed by atoms with Gasteiger partial charge in [-0.1, -0.05) is 35.9 Å². The fourth-order valence-electron chi connectivity index (χ4n) is 2.46. The zero-order chi connectivity index (χ0) is 19.3. The molecular weight excluding hydrogens is 352 g/mol. The molecule has 7 heteroatoms. The SMILES string of the molecule is COc1ccccc1CN(C)C(=O)CN(C)S(=O)(=O)c1ccc(C)cc1. The maximum Gasteiger partial charge on any atom is 0.243 e. The van der Waals surface area contributed by atoms with Crippen LogP contribution in [0.1, 0.15) is 11.1 Å². The molecule has 0 saturated heterocycles. The summed E-state index contributed by atoms with van der Waals surface area (Å²) >= 11 is 0. The summed E-state index contributed by atoms with van der Waals surface area (Å²) in [5, 5.41) is 0. The summed E-state index contributed by atoms with van der Waals surface area (Å²) in [6.45, 7) is 1.99. The molecule has 0 atom stereocenters. The molecule has 0 saturated carbocycles. The Balaban J connectivity index is 2.07. The van der Waals surface area contributed by atoms with Crippen molar-refractivity contribution in [1.82, 2.24) is 9.21 Å². The van der Waals surface area contributed by atoms with Gasteiger partial charge in [-0.15, -0.1) is 0 Å². The maximum absolute atomic E-state index is 12.6. The van der Waals surface area contributed by atoms with Crippen molar-refractivity contribution in [3.63, 3.8) is 0 Å². The lowest BCUT2D eigenvalue weighted by Gasteiger charge is -2.22. The Morgan fingerprint density at radius 3 is 2.27 bits per heavy atom. The van der Waals surface area contributed by atoms with Crippen molar-refractivity contribution in [2.45, 2.75) is 18.4 Å². The van der Waals surface area contributed by atoms with E-state index in [0.29, 0.717) is 12.3 Å². The van der Waals surface area contributed by atoms with E-state index in [9.17, 15) is 13.2 Å². The number of methoxy groups -OCH3 is 1. The van der Waals surface area contributed by atoms with Crippen LogP contribution in [-0.4, -0.2) is 51.3 Å². The summed E-state index contributed by atoms with van der Waals surface area (Å²) < 4.78 is 31.5. The first-order valence-electron chi connectivity index (χ1n) is 8.14. The van der Waals surface area contributed by atoms with Gasteiger partial charge in [-0.3, -0.25) is 4.79 Å². The minimum Gasteiger partial charge on any atom is -0.496 e. The number of hydrogen-bond acceptors (Lipinski definition) is 4. The van der Waals surface area contributed by atoms with Gasteiger partial charge in [0, 0.05) is 26.2 Å². The highest BCUT2D eigenvalue weighted by Crippen LogP contribution is 2.19. The average Bonchev–Trinajstić information content (AvgIpc) is 2.62. The molecule has 0 bridgehead atoms. The number of nitrogens with zero attached hydrogens (tertiary/aromatic N) is 2. The number of carbonyl (C=O) groups is 1. The van der Waals surface area contributed by atoms with Gasteiger partial charge in [0.1, 0.15) is 5.75 Å². The van der Waals surface area contributed by atoms with Crippen LogP contribution in [0.2, 0.25) is 0 Å². The minimum absolute atomic E-state index is 0.172. The number of amides is 1. The van der Waals surface area contributed by atoms with Crippen molar-refractivity contribution in [1.29, 1.82) is 0 Å². The van der Waals surface area contributed by atoms with Gasteiger partial charge in [0.15, 0.2) is 0 Å². The quantitative estimate of drug-likeness (QED) is 0.744. The largest absolute Gasteiger partial charge is 0.496 e. The number of para-hydroxylation sites is 1. The van der Waals surface area contributed by atoms with Crippen LogP contribution in [0.15, 0.2) is 53.4 Å². The molecule has 26 heavy (non-hydrogen) atoms. The number of likely N-dealkylation sites (N-methyl/N-ethyl adjacent to an activating group) is 2. The summed E-state index contributed by atoms with van der Waals surface area (Å²) in [6, 6.07) is 14.0. The lowest BCUT2D eigenvalue weighted by Crippen LogP contribution is -2.39. The van der Waals surface area contributed by atoms with E-state index in [1.165, 1.54) is 11.9 Å². The Hall–Kier alpha value is -2.38.